The number of rotatable bonds is 3. The molecule has 0 saturated carbocycles. The monoisotopic (exact) mass is 266 g/mol. The molecule has 0 radical (unpaired) electrons. The molecule has 0 aliphatic rings. The first-order valence-electron chi connectivity index (χ1n) is 4.99. The summed E-state index contributed by atoms with van der Waals surface area (Å²) in [5, 5.41) is 15.7. The highest BCUT2D eigenvalue weighted by molar-refractivity contribution is 7.11. The van der Waals surface area contributed by atoms with Gasteiger partial charge < -0.3 is 10.4 Å². The van der Waals surface area contributed by atoms with Crippen molar-refractivity contribution in [1.82, 2.24) is 14.2 Å². The zero-order valence-electron chi connectivity index (χ0n) is 9.67. The standard InChI is InChI=1S/C10H10N4O3S/c1-5-7(10(16)17)9(18-13-5)11-8(15)6-3-4-14(2)12-6/h3-4H,1-2H3,(H,11,15)(H,16,17). The topological polar surface area (TPSA) is 97.1 Å². The molecule has 0 bridgehead atoms. The fourth-order valence-corrected chi connectivity index (χ4v) is 2.19. The molecule has 8 heteroatoms. The molecule has 0 aliphatic heterocycles. The maximum atomic E-state index is 11.8. The van der Waals surface area contributed by atoms with Gasteiger partial charge in [0, 0.05) is 13.2 Å². The van der Waals surface area contributed by atoms with Crippen molar-refractivity contribution in [1.29, 1.82) is 0 Å². The molecule has 18 heavy (non-hydrogen) atoms. The van der Waals surface area contributed by atoms with E-state index in [0.29, 0.717) is 5.69 Å². The number of anilines is 1. The van der Waals surface area contributed by atoms with E-state index >= 15 is 0 Å². The first-order chi connectivity index (χ1) is 8.49. The Balaban J connectivity index is 2.25. The molecule has 2 N–H and O–H groups in total. The summed E-state index contributed by atoms with van der Waals surface area (Å²) in [6, 6.07) is 1.55. The lowest BCUT2D eigenvalue weighted by atomic mass is 10.2. The molecule has 0 fully saturated rings. The molecule has 94 valence electrons. The Hall–Kier alpha value is -2.22. The fourth-order valence-electron chi connectivity index (χ4n) is 1.41. The van der Waals surface area contributed by atoms with Crippen LogP contribution in [0, 0.1) is 6.92 Å². The molecule has 2 heterocycles. The maximum Gasteiger partial charge on any atom is 0.340 e. The van der Waals surface area contributed by atoms with Crippen LogP contribution in [-0.4, -0.2) is 31.1 Å². The normalized spacial score (nSPS) is 10.3. The largest absolute Gasteiger partial charge is 0.478 e. The van der Waals surface area contributed by atoms with E-state index in [4.69, 9.17) is 5.11 Å². The average Bonchev–Trinajstić information content (AvgIpc) is 2.85. The lowest BCUT2D eigenvalue weighted by Gasteiger charge is -2.01. The van der Waals surface area contributed by atoms with Crippen molar-refractivity contribution in [3.05, 3.63) is 29.2 Å². The van der Waals surface area contributed by atoms with Crippen molar-refractivity contribution in [2.75, 3.05) is 5.32 Å². The summed E-state index contributed by atoms with van der Waals surface area (Å²) < 4.78 is 5.40. The van der Waals surface area contributed by atoms with E-state index in [1.807, 2.05) is 0 Å². The third kappa shape index (κ3) is 2.23. The van der Waals surface area contributed by atoms with Gasteiger partial charge >= 0.3 is 5.97 Å². The molecule has 2 rings (SSSR count). The van der Waals surface area contributed by atoms with Crippen LogP contribution in [0.15, 0.2) is 12.3 Å². The van der Waals surface area contributed by atoms with Gasteiger partial charge in [0.05, 0.1) is 5.69 Å². The van der Waals surface area contributed by atoms with Gasteiger partial charge in [0.2, 0.25) is 0 Å². The Kier molecular flexibility index (Phi) is 3.11. The average molecular weight is 266 g/mol. The SMILES string of the molecule is Cc1nsc(NC(=O)c2ccn(C)n2)c1C(=O)O. The van der Waals surface area contributed by atoms with Crippen LogP contribution in [0.4, 0.5) is 5.00 Å². The summed E-state index contributed by atoms with van der Waals surface area (Å²) >= 11 is 0.937. The van der Waals surface area contributed by atoms with Crippen LogP contribution >= 0.6 is 11.5 Å². The number of carbonyl (C=O) groups excluding carboxylic acids is 1. The van der Waals surface area contributed by atoms with Crippen molar-refractivity contribution >= 4 is 28.4 Å². The molecular formula is C10H10N4O3S. The van der Waals surface area contributed by atoms with Crippen LogP contribution in [-0.2, 0) is 7.05 Å². The number of carboxylic acids is 1. The number of amides is 1. The summed E-state index contributed by atoms with van der Waals surface area (Å²) in [6.07, 6.45) is 1.63. The van der Waals surface area contributed by atoms with Crippen LogP contribution in [0.3, 0.4) is 0 Å². The Morgan fingerprint density at radius 3 is 2.78 bits per heavy atom. The number of carboxylic acid groups (broad SMARTS) is 1. The van der Waals surface area contributed by atoms with Gasteiger partial charge in [-0.1, -0.05) is 0 Å². The van der Waals surface area contributed by atoms with E-state index < -0.39 is 11.9 Å². The molecule has 0 saturated heterocycles. The number of carbonyl (C=O) groups is 2. The van der Waals surface area contributed by atoms with E-state index in [-0.39, 0.29) is 16.3 Å². The second kappa shape index (κ2) is 4.57. The van der Waals surface area contributed by atoms with Gasteiger partial charge in [0.1, 0.15) is 10.6 Å². The second-order valence-electron chi connectivity index (χ2n) is 3.61. The van der Waals surface area contributed by atoms with E-state index in [9.17, 15) is 9.59 Å². The quantitative estimate of drug-likeness (QED) is 0.868. The molecule has 2 aromatic rings. The van der Waals surface area contributed by atoms with Crippen molar-refractivity contribution in [2.45, 2.75) is 6.92 Å². The van der Waals surface area contributed by atoms with Crippen LogP contribution in [0.25, 0.3) is 0 Å². The maximum absolute atomic E-state index is 11.8. The predicted octanol–water partition coefficient (Wildman–Crippen LogP) is 1.14. The Morgan fingerprint density at radius 2 is 2.22 bits per heavy atom. The van der Waals surface area contributed by atoms with Gasteiger partial charge in [-0.3, -0.25) is 9.48 Å². The molecule has 1 amide bonds. The first-order valence-corrected chi connectivity index (χ1v) is 5.77. The molecule has 0 spiro atoms. The highest BCUT2D eigenvalue weighted by Gasteiger charge is 2.20. The number of aryl methyl sites for hydroxylation is 2. The second-order valence-corrected chi connectivity index (χ2v) is 4.38. The lowest BCUT2D eigenvalue weighted by molar-refractivity contribution is 0.0697. The minimum atomic E-state index is -1.11. The minimum absolute atomic E-state index is 0.0179. The zero-order chi connectivity index (χ0) is 13.3. The van der Waals surface area contributed by atoms with Crippen LogP contribution in [0.2, 0.25) is 0 Å². The van der Waals surface area contributed by atoms with Gasteiger partial charge in [-0.2, -0.15) is 9.47 Å². The summed E-state index contributed by atoms with van der Waals surface area (Å²) in [5.74, 6) is -1.57. The van der Waals surface area contributed by atoms with E-state index in [1.165, 1.54) is 4.68 Å². The van der Waals surface area contributed by atoms with Gasteiger partial charge in [0.25, 0.3) is 5.91 Å². The van der Waals surface area contributed by atoms with Crippen LogP contribution < -0.4 is 5.32 Å². The van der Waals surface area contributed by atoms with E-state index in [2.05, 4.69) is 14.8 Å². The molecule has 0 aromatic carbocycles. The van der Waals surface area contributed by atoms with Gasteiger partial charge in [-0.05, 0) is 24.5 Å². The number of nitrogens with zero attached hydrogens (tertiary/aromatic N) is 3. The van der Waals surface area contributed by atoms with E-state index in [1.54, 1.807) is 26.2 Å². The highest BCUT2D eigenvalue weighted by atomic mass is 32.1. The fraction of sp³-hybridized carbons (Fsp3) is 0.200. The zero-order valence-corrected chi connectivity index (χ0v) is 10.5. The third-order valence-electron chi connectivity index (χ3n) is 2.25. The minimum Gasteiger partial charge on any atom is -0.478 e. The van der Waals surface area contributed by atoms with Crippen molar-refractivity contribution in [3.63, 3.8) is 0 Å². The summed E-state index contributed by atoms with van der Waals surface area (Å²) in [4.78, 5) is 22.8. The predicted molar refractivity (Wildman–Crippen MR) is 65.0 cm³/mol. The number of aromatic carboxylic acids is 1. The number of aromatic nitrogens is 3. The Bertz CT molecular complexity index is 616. The molecule has 0 aliphatic carbocycles. The highest BCUT2D eigenvalue weighted by Crippen LogP contribution is 2.24. The Labute approximate surface area is 106 Å². The number of hydrogen-bond acceptors (Lipinski definition) is 5. The molecule has 0 unspecified atom stereocenters. The van der Waals surface area contributed by atoms with Gasteiger partial charge in [0.15, 0.2) is 5.69 Å². The van der Waals surface area contributed by atoms with Crippen LogP contribution in [0.5, 0.6) is 0 Å². The summed E-state index contributed by atoms with van der Waals surface area (Å²) in [7, 11) is 1.69. The number of hydrogen-bond donors (Lipinski definition) is 2. The molecule has 7 nitrogen and oxygen atoms in total. The molecule has 0 atom stereocenters. The van der Waals surface area contributed by atoms with E-state index in [0.717, 1.165) is 11.5 Å². The summed E-state index contributed by atoms with van der Waals surface area (Å²) in [5.41, 5.74) is 0.619. The first kappa shape index (κ1) is 12.2. The van der Waals surface area contributed by atoms with Gasteiger partial charge in [-0.25, -0.2) is 4.79 Å². The third-order valence-corrected chi connectivity index (χ3v) is 3.10. The van der Waals surface area contributed by atoms with Gasteiger partial charge in [-0.15, -0.1) is 0 Å². The molecular weight excluding hydrogens is 256 g/mol. The van der Waals surface area contributed by atoms with Crippen molar-refractivity contribution in [2.24, 2.45) is 7.05 Å². The summed E-state index contributed by atoms with van der Waals surface area (Å²) in [6.45, 7) is 1.58. The Morgan fingerprint density at radius 1 is 1.50 bits per heavy atom. The molecule has 2 aromatic heterocycles. The lowest BCUT2D eigenvalue weighted by Crippen LogP contribution is -2.14. The van der Waals surface area contributed by atoms with Crippen molar-refractivity contribution in [3.8, 4) is 0 Å². The van der Waals surface area contributed by atoms with Crippen molar-refractivity contribution < 1.29 is 14.7 Å². The number of nitrogens with one attached hydrogen (secondary N) is 1. The van der Waals surface area contributed by atoms with Crippen LogP contribution in [0.1, 0.15) is 26.5 Å². The smallest absolute Gasteiger partial charge is 0.340 e.